The number of hydrogen-bond donors (Lipinski definition) is 1. The lowest BCUT2D eigenvalue weighted by molar-refractivity contribution is 0.475. The summed E-state index contributed by atoms with van der Waals surface area (Å²) in [6.45, 7) is 6.89. The maximum absolute atomic E-state index is 6.02. The fourth-order valence-electron chi connectivity index (χ4n) is 2.75. The van der Waals surface area contributed by atoms with Crippen molar-refractivity contribution in [2.24, 2.45) is 5.92 Å². The molecule has 0 bridgehead atoms. The van der Waals surface area contributed by atoms with E-state index in [0.717, 1.165) is 11.6 Å². The van der Waals surface area contributed by atoms with Crippen LogP contribution in [0, 0.1) is 5.92 Å². The van der Waals surface area contributed by atoms with E-state index in [2.05, 4.69) is 32.9 Å². The van der Waals surface area contributed by atoms with Crippen molar-refractivity contribution in [1.82, 2.24) is 0 Å². The molecule has 0 aliphatic heterocycles. The molecule has 0 amide bonds. The Balaban J connectivity index is 2.49. The van der Waals surface area contributed by atoms with Crippen LogP contribution in [0.2, 0.25) is 0 Å². The summed E-state index contributed by atoms with van der Waals surface area (Å²) in [5, 5.41) is 0. The van der Waals surface area contributed by atoms with Crippen LogP contribution in [-0.2, 0) is 0 Å². The van der Waals surface area contributed by atoms with Gasteiger partial charge in [-0.2, -0.15) is 0 Å². The highest BCUT2D eigenvalue weighted by Crippen LogP contribution is 2.47. The Morgan fingerprint density at radius 1 is 1.36 bits per heavy atom. The van der Waals surface area contributed by atoms with Crippen LogP contribution >= 0.6 is 0 Å². The summed E-state index contributed by atoms with van der Waals surface area (Å²) in [4.78, 5) is 0. The maximum atomic E-state index is 6.02. The summed E-state index contributed by atoms with van der Waals surface area (Å²) in [6, 6.07) is 6.36. The van der Waals surface area contributed by atoms with Gasteiger partial charge in [0.25, 0.3) is 0 Å². The van der Waals surface area contributed by atoms with E-state index < -0.39 is 0 Å². The average Bonchev–Trinajstić information content (AvgIpc) is 2.45. The van der Waals surface area contributed by atoms with Crippen LogP contribution in [0.3, 0.4) is 0 Å². The van der Waals surface area contributed by atoms with E-state index in [0.29, 0.717) is 11.8 Å². The number of benzene rings is 1. The molecule has 1 aromatic carbocycles. The van der Waals surface area contributed by atoms with Crippen molar-refractivity contribution in [3.8, 4) is 0 Å². The van der Waals surface area contributed by atoms with Crippen LogP contribution in [0.25, 0.3) is 0 Å². The van der Waals surface area contributed by atoms with Gasteiger partial charge in [0.1, 0.15) is 0 Å². The Hall–Kier alpha value is -0.980. The second-order valence-corrected chi connectivity index (χ2v) is 4.84. The summed E-state index contributed by atoms with van der Waals surface area (Å²) in [5.41, 5.74) is 9.91. The lowest BCUT2D eigenvalue weighted by Crippen LogP contribution is -2.02. The summed E-state index contributed by atoms with van der Waals surface area (Å²) >= 11 is 0. The van der Waals surface area contributed by atoms with E-state index in [1.165, 1.54) is 17.5 Å². The van der Waals surface area contributed by atoms with E-state index in [-0.39, 0.29) is 0 Å². The zero-order valence-electron chi connectivity index (χ0n) is 9.25. The molecule has 1 heteroatoms. The van der Waals surface area contributed by atoms with Gasteiger partial charge in [-0.25, -0.2) is 0 Å². The van der Waals surface area contributed by atoms with Gasteiger partial charge in [-0.15, -0.1) is 0 Å². The van der Waals surface area contributed by atoms with Gasteiger partial charge in [-0.1, -0.05) is 32.9 Å². The second kappa shape index (κ2) is 3.30. The number of fused-ring (bicyclic) bond motifs is 1. The summed E-state index contributed by atoms with van der Waals surface area (Å²) < 4.78 is 0. The topological polar surface area (TPSA) is 26.0 Å². The largest absolute Gasteiger partial charge is 0.398 e. The van der Waals surface area contributed by atoms with E-state index in [1.54, 1.807) is 0 Å². The smallest absolute Gasteiger partial charge is 0.0352 e. The summed E-state index contributed by atoms with van der Waals surface area (Å²) in [7, 11) is 0. The molecule has 0 radical (unpaired) electrons. The van der Waals surface area contributed by atoms with Crippen molar-refractivity contribution in [2.45, 2.75) is 39.0 Å². The first-order valence-electron chi connectivity index (χ1n) is 5.49. The third-order valence-corrected chi connectivity index (χ3v) is 3.48. The molecule has 1 aliphatic rings. The van der Waals surface area contributed by atoms with Crippen molar-refractivity contribution in [3.05, 3.63) is 29.3 Å². The monoisotopic (exact) mass is 189 g/mol. The Morgan fingerprint density at radius 3 is 2.71 bits per heavy atom. The van der Waals surface area contributed by atoms with Gasteiger partial charge < -0.3 is 5.73 Å². The second-order valence-electron chi connectivity index (χ2n) is 4.84. The fourth-order valence-corrected chi connectivity index (χ4v) is 2.75. The average molecular weight is 189 g/mol. The molecule has 0 aromatic heterocycles. The number of anilines is 1. The molecule has 0 saturated carbocycles. The zero-order chi connectivity index (χ0) is 10.3. The highest BCUT2D eigenvalue weighted by molar-refractivity contribution is 5.56. The maximum Gasteiger partial charge on any atom is 0.0352 e. The van der Waals surface area contributed by atoms with Crippen LogP contribution in [0.15, 0.2) is 18.2 Å². The van der Waals surface area contributed by atoms with Crippen LogP contribution < -0.4 is 5.73 Å². The minimum Gasteiger partial charge on any atom is -0.398 e. The van der Waals surface area contributed by atoms with Crippen LogP contribution in [0.1, 0.15) is 50.2 Å². The van der Waals surface area contributed by atoms with Crippen molar-refractivity contribution in [1.29, 1.82) is 0 Å². The number of hydrogen-bond acceptors (Lipinski definition) is 1. The SMILES string of the molecule is CC(C)[C@H]1C[C@@H](C)c2c(N)cccc21. The third kappa shape index (κ3) is 1.31. The molecule has 1 aromatic rings. The predicted molar refractivity (Wildman–Crippen MR) is 61.5 cm³/mol. The van der Waals surface area contributed by atoms with Gasteiger partial charge in [0.05, 0.1) is 0 Å². The zero-order valence-corrected chi connectivity index (χ0v) is 9.25. The van der Waals surface area contributed by atoms with Crippen LogP contribution in [0.4, 0.5) is 5.69 Å². The van der Waals surface area contributed by atoms with Crippen molar-refractivity contribution >= 4 is 5.69 Å². The molecular weight excluding hydrogens is 170 g/mol. The Bertz CT molecular complexity index is 341. The first kappa shape index (κ1) is 9.57. The minimum absolute atomic E-state index is 0.638. The molecule has 1 nitrogen and oxygen atoms in total. The normalized spacial score (nSPS) is 25.4. The molecule has 2 rings (SSSR count). The van der Waals surface area contributed by atoms with Crippen molar-refractivity contribution in [3.63, 3.8) is 0 Å². The Kier molecular flexibility index (Phi) is 2.26. The highest BCUT2D eigenvalue weighted by atomic mass is 14.6. The van der Waals surface area contributed by atoms with E-state index >= 15 is 0 Å². The first-order valence-corrected chi connectivity index (χ1v) is 5.49. The van der Waals surface area contributed by atoms with Gasteiger partial charge in [0.15, 0.2) is 0 Å². The van der Waals surface area contributed by atoms with Crippen LogP contribution in [0.5, 0.6) is 0 Å². The standard InChI is InChI=1S/C13H19N/c1-8(2)11-7-9(3)13-10(11)5-4-6-12(13)14/h4-6,8-9,11H,7,14H2,1-3H3/t9-,11-/m1/s1. The first-order chi connectivity index (χ1) is 6.61. The number of nitrogens with two attached hydrogens (primary N) is 1. The van der Waals surface area contributed by atoms with E-state index in [9.17, 15) is 0 Å². The van der Waals surface area contributed by atoms with Gasteiger partial charge in [0, 0.05) is 5.69 Å². The molecule has 0 fully saturated rings. The van der Waals surface area contributed by atoms with Crippen molar-refractivity contribution < 1.29 is 0 Å². The van der Waals surface area contributed by atoms with Crippen molar-refractivity contribution in [2.75, 3.05) is 5.73 Å². The molecule has 1 aliphatic carbocycles. The molecule has 14 heavy (non-hydrogen) atoms. The fraction of sp³-hybridized carbons (Fsp3) is 0.538. The van der Waals surface area contributed by atoms with Gasteiger partial charge in [0.2, 0.25) is 0 Å². The van der Waals surface area contributed by atoms with Gasteiger partial charge in [-0.05, 0) is 41.4 Å². The quantitative estimate of drug-likeness (QED) is 0.672. The highest BCUT2D eigenvalue weighted by Gasteiger charge is 2.31. The molecule has 0 unspecified atom stereocenters. The molecule has 76 valence electrons. The predicted octanol–water partition coefficient (Wildman–Crippen LogP) is 3.52. The van der Waals surface area contributed by atoms with Gasteiger partial charge in [-0.3, -0.25) is 0 Å². The minimum atomic E-state index is 0.638. The molecule has 0 heterocycles. The molecular formula is C13H19N. The van der Waals surface area contributed by atoms with E-state index in [1.807, 2.05) is 6.07 Å². The summed E-state index contributed by atoms with van der Waals surface area (Å²) in [6.07, 6.45) is 1.27. The molecule has 0 saturated heterocycles. The number of nitrogen functional groups attached to an aromatic ring is 1. The lowest BCUT2D eigenvalue weighted by Gasteiger charge is -2.15. The molecule has 2 N–H and O–H groups in total. The lowest BCUT2D eigenvalue weighted by atomic mass is 9.90. The van der Waals surface area contributed by atoms with Gasteiger partial charge >= 0.3 is 0 Å². The summed E-state index contributed by atoms with van der Waals surface area (Å²) in [5.74, 6) is 2.07. The third-order valence-electron chi connectivity index (χ3n) is 3.48. The van der Waals surface area contributed by atoms with E-state index in [4.69, 9.17) is 5.73 Å². The Morgan fingerprint density at radius 2 is 2.07 bits per heavy atom. The Labute approximate surface area is 86.3 Å². The molecule has 2 atom stereocenters. The number of rotatable bonds is 1. The molecule has 0 spiro atoms. The van der Waals surface area contributed by atoms with Crippen LogP contribution in [-0.4, -0.2) is 0 Å².